The lowest BCUT2D eigenvalue weighted by Crippen LogP contribution is -1.97. The van der Waals surface area contributed by atoms with Gasteiger partial charge in [-0.25, -0.2) is 4.98 Å². The van der Waals surface area contributed by atoms with Crippen LogP contribution in [0.4, 0.5) is 5.69 Å². The number of anilines is 1. The molecule has 0 radical (unpaired) electrons. The third-order valence-corrected chi connectivity index (χ3v) is 4.59. The molecule has 0 bridgehead atoms. The Morgan fingerprint density at radius 3 is 2.65 bits per heavy atom. The molecule has 0 saturated carbocycles. The minimum Gasteiger partial charge on any atom is -0.456 e. The monoisotopic (exact) mass is 384 g/mol. The van der Waals surface area contributed by atoms with Gasteiger partial charge in [0.15, 0.2) is 4.47 Å². The van der Waals surface area contributed by atoms with Crippen LogP contribution in [0.5, 0.6) is 11.5 Å². The molecule has 0 saturated heterocycles. The number of rotatable bonds is 5. The second-order valence-electron chi connectivity index (χ2n) is 4.64. The Morgan fingerprint density at radius 1 is 1.09 bits per heavy atom. The first kappa shape index (κ1) is 16.4. The van der Waals surface area contributed by atoms with E-state index >= 15 is 0 Å². The minimum absolute atomic E-state index is 0.511. The summed E-state index contributed by atoms with van der Waals surface area (Å²) in [5, 5.41) is 4.39. The van der Waals surface area contributed by atoms with Crippen LogP contribution in [0.3, 0.4) is 0 Å². The van der Waals surface area contributed by atoms with E-state index in [1.54, 1.807) is 18.3 Å². The van der Waals surface area contributed by atoms with Gasteiger partial charge >= 0.3 is 0 Å². The summed E-state index contributed by atoms with van der Waals surface area (Å²) in [6, 6.07) is 12.7. The van der Waals surface area contributed by atoms with Gasteiger partial charge in [0.05, 0.1) is 11.6 Å². The van der Waals surface area contributed by atoms with E-state index in [0.717, 1.165) is 10.6 Å². The lowest BCUT2D eigenvalue weighted by molar-refractivity contribution is 0.483. The average molecular weight is 386 g/mol. The summed E-state index contributed by atoms with van der Waals surface area (Å²) in [5.74, 6) is 1.21. The van der Waals surface area contributed by atoms with Crippen molar-refractivity contribution in [2.24, 2.45) is 0 Å². The van der Waals surface area contributed by atoms with Crippen LogP contribution in [0.15, 0.2) is 48.7 Å². The SMILES string of the molecule is Clc1cccc(Oc2ccc(NCc3cnc(Cl)s3)cc2Cl)c1. The van der Waals surface area contributed by atoms with Gasteiger partial charge in [0.1, 0.15) is 11.5 Å². The molecule has 23 heavy (non-hydrogen) atoms. The van der Waals surface area contributed by atoms with Crippen LogP contribution < -0.4 is 10.1 Å². The molecule has 2 aromatic carbocycles. The lowest BCUT2D eigenvalue weighted by Gasteiger charge is -2.10. The zero-order valence-corrected chi connectivity index (χ0v) is 14.8. The Hall–Kier alpha value is -1.46. The third kappa shape index (κ3) is 4.52. The summed E-state index contributed by atoms with van der Waals surface area (Å²) in [6.45, 7) is 0.634. The molecule has 0 aliphatic carbocycles. The van der Waals surface area contributed by atoms with E-state index in [1.165, 1.54) is 11.3 Å². The van der Waals surface area contributed by atoms with Crippen molar-refractivity contribution in [1.82, 2.24) is 4.98 Å². The largest absolute Gasteiger partial charge is 0.456 e. The highest BCUT2D eigenvalue weighted by atomic mass is 35.5. The first-order chi connectivity index (χ1) is 11.1. The van der Waals surface area contributed by atoms with E-state index in [2.05, 4.69) is 10.3 Å². The highest BCUT2D eigenvalue weighted by molar-refractivity contribution is 7.15. The third-order valence-electron chi connectivity index (χ3n) is 2.95. The predicted octanol–water partition coefficient (Wildman–Crippen LogP) is 6.51. The van der Waals surface area contributed by atoms with E-state index in [0.29, 0.717) is 32.6 Å². The molecule has 1 aromatic heterocycles. The van der Waals surface area contributed by atoms with E-state index in [1.807, 2.05) is 30.3 Å². The Labute approximate surface area is 152 Å². The van der Waals surface area contributed by atoms with Crippen LogP contribution in [0.1, 0.15) is 4.88 Å². The number of hydrogen-bond acceptors (Lipinski definition) is 4. The van der Waals surface area contributed by atoms with E-state index in [9.17, 15) is 0 Å². The van der Waals surface area contributed by atoms with Gasteiger partial charge in [-0.1, -0.05) is 40.9 Å². The number of halogens is 3. The van der Waals surface area contributed by atoms with Gasteiger partial charge in [0, 0.05) is 21.8 Å². The summed E-state index contributed by atoms with van der Waals surface area (Å²) in [6.07, 6.45) is 1.75. The number of ether oxygens (including phenoxy) is 1. The van der Waals surface area contributed by atoms with Gasteiger partial charge in [-0.3, -0.25) is 0 Å². The van der Waals surface area contributed by atoms with Crippen molar-refractivity contribution < 1.29 is 4.74 Å². The van der Waals surface area contributed by atoms with Crippen molar-refractivity contribution in [3.8, 4) is 11.5 Å². The minimum atomic E-state index is 0.511. The number of nitrogens with zero attached hydrogens (tertiary/aromatic N) is 1. The van der Waals surface area contributed by atoms with Crippen molar-refractivity contribution in [3.63, 3.8) is 0 Å². The molecule has 0 spiro atoms. The van der Waals surface area contributed by atoms with Crippen LogP contribution in [-0.4, -0.2) is 4.98 Å². The van der Waals surface area contributed by atoms with Crippen LogP contribution in [0.25, 0.3) is 0 Å². The molecule has 0 unspecified atom stereocenters. The standard InChI is InChI=1S/C16H11Cl3N2OS/c17-10-2-1-3-12(6-10)22-15-5-4-11(7-14(15)18)20-8-13-9-21-16(19)23-13/h1-7,9,20H,8H2. The number of benzene rings is 2. The molecule has 7 heteroatoms. The fraction of sp³-hybridized carbons (Fsp3) is 0.0625. The van der Waals surface area contributed by atoms with Gasteiger partial charge in [0.2, 0.25) is 0 Å². The summed E-state index contributed by atoms with van der Waals surface area (Å²) < 4.78 is 6.27. The fourth-order valence-electron chi connectivity index (χ4n) is 1.91. The Bertz CT molecular complexity index is 823. The second kappa shape index (κ2) is 7.41. The fourth-order valence-corrected chi connectivity index (χ4v) is 3.22. The highest BCUT2D eigenvalue weighted by Crippen LogP contribution is 2.32. The number of nitrogens with one attached hydrogen (secondary N) is 1. The van der Waals surface area contributed by atoms with E-state index in [-0.39, 0.29) is 0 Å². The molecular formula is C16H11Cl3N2OS. The first-order valence-electron chi connectivity index (χ1n) is 6.67. The maximum absolute atomic E-state index is 6.28. The average Bonchev–Trinajstić information content (AvgIpc) is 2.93. The topological polar surface area (TPSA) is 34.1 Å². The number of aromatic nitrogens is 1. The van der Waals surface area contributed by atoms with Crippen molar-refractivity contribution >= 4 is 51.8 Å². The predicted molar refractivity (Wildman–Crippen MR) is 97.4 cm³/mol. The molecule has 1 N–H and O–H groups in total. The molecule has 3 aromatic rings. The zero-order valence-electron chi connectivity index (χ0n) is 11.7. The lowest BCUT2D eigenvalue weighted by atomic mass is 10.3. The van der Waals surface area contributed by atoms with Gasteiger partial charge in [-0.15, -0.1) is 11.3 Å². The second-order valence-corrected chi connectivity index (χ2v) is 7.18. The van der Waals surface area contributed by atoms with Gasteiger partial charge in [-0.2, -0.15) is 0 Å². The molecule has 118 valence electrons. The van der Waals surface area contributed by atoms with Crippen LogP contribution in [0, 0.1) is 0 Å². The summed E-state index contributed by atoms with van der Waals surface area (Å²) >= 11 is 19.5. The van der Waals surface area contributed by atoms with Gasteiger partial charge < -0.3 is 10.1 Å². The number of thiazole rings is 1. The maximum Gasteiger partial charge on any atom is 0.183 e. The van der Waals surface area contributed by atoms with E-state index < -0.39 is 0 Å². The summed E-state index contributed by atoms with van der Waals surface area (Å²) in [5.41, 5.74) is 0.887. The van der Waals surface area contributed by atoms with E-state index in [4.69, 9.17) is 39.5 Å². The molecule has 1 heterocycles. The molecule has 0 amide bonds. The Kier molecular flexibility index (Phi) is 5.28. The van der Waals surface area contributed by atoms with Gasteiger partial charge in [-0.05, 0) is 36.4 Å². The van der Waals surface area contributed by atoms with Crippen molar-refractivity contribution in [2.45, 2.75) is 6.54 Å². The molecule has 0 fully saturated rings. The number of hydrogen-bond donors (Lipinski definition) is 1. The molecule has 0 atom stereocenters. The summed E-state index contributed by atoms with van der Waals surface area (Å²) in [4.78, 5) is 5.05. The van der Waals surface area contributed by atoms with Crippen molar-refractivity contribution in [1.29, 1.82) is 0 Å². The van der Waals surface area contributed by atoms with Crippen molar-refractivity contribution in [3.05, 3.63) is 68.1 Å². The van der Waals surface area contributed by atoms with Crippen molar-refractivity contribution in [2.75, 3.05) is 5.32 Å². The highest BCUT2D eigenvalue weighted by Gasteiger charge is 2.06. The molecule has 3 nitrogen and oxygen atoms in total. The van der Waals surface area contributed by atoms with Crippen LogP contribution in [-0.2, 0) is 6.54 Å². The van der Waals surface area contributed by atoms with Crippen LogP contribution >= 0.6 is 46.1 Å². The zero-order chi connectivity index (χ0) is 16.2. The Morgan fingerprint density at radius 2 is 1.96 bits per heavy atom. The molecule has 0 aliphatic heterocycles. The Balaban J connectivity index is 1.68. The molecular weight excluding hydrogens is 375 g/mol. The summed E-state index contributed by atoms with van der Waals surface area (Å²) in [7, 11) is 0. The smallest absolute Gasteiger partial charge is 0.183 e. The normalized spacial score (nSPS) is 10.6. The first-order valence-corrected chi connectivity index (χ1v) is 8.62. The quantitative estimate of drug-likeness (QED) is 0.543. The van der Waals surface area contributed by atoms with Gasteiger partial charge in [0.25, 0.3) is 0 Å². The maximum atomic E-state index is 6.28. The molecule has 3 rings (SSSR count). The van der Waals surface area contributed by atoms with Crippen LogP contribution in [0.2, 0.25) is 14.5 Å². The molecule has 0 aliphatic rings.